The molecule has 0 radical (unpaired) electrons. The molecular weight excluding hydrogens is 2000 g/mol. The molecule has 0 bridgehead atoms. The summed E-state index contributed by atoms with van der Waals surface area (Å²) in [6.45, 7) is 47.7. The number of hydrogen-bond acceptors (Lipinski definition) is 17. The van der Waals surface area contributed by atoms with Crippen molar-refractivity contribution in [2.75, 3.05) is 111 Å². The third-order valence-electron chi connectivity index (χ3n) is 32.2. The first-order valence-corrected chi connectivity index (χ1v) is 57.4. The first-order chi connectivity index (χ1) is 71.0. The van der Waals surface area contributed by atoms with E-state index in [1.54, 1.807) is 29.5 Å². The van der Waals surface area contributed by atoms with Crippen LogP contribution in [0.3, 0.4) is 0 Å². The van der Waals surface area contributed by atoms with Gasteiger partial charge in [0.05, 0.1) is 57.9 Å². The maximum atomic E-state index is 13.8. The first kappa shape index (κ1) is 114. The Kier molecular flexibility index (Phi) is 41.7. The summed E-state index contributed by atoms with van der Waals surface area (Å²) >= 11 is 38.2. The Morgan fingerprint density at radius 3 is 1.18 bits per heavy atom. The number of nitrogens with zero attached hydrogens (tertiary/aromatic N) is 14. The van der Waals surface area contributed by atoms with Crippen LogP contribution in [0.5, 0.6) is 0 Å². The van der Waals surface area contributed by atoms with Gasteiger partial charge in [0, 0.05) is 176 Å². The van der Waals surface area contributed by atoms with Gasteiger partial charge in [-0.05, 0) is 314 Å². The number of nitrogens with one attached hydrogen (secondary N) is 4. The van der Waals surface area contributed by atoms with Crippen molar-refractivity contribution in [2.45, 2.75) is 305 Å². The van der Waals surface area contributed by atoms with E-state index in [-0.39, 0.29) is 66.0 Å². The van der Waals surface area contributed by atoms with Crippen molar-refractivity contribution < 1.29 is 33.5 Å². The summed E-state index contributed by atoms with van der Waals surface area (Å²) in [5.74, 6) is 0.344. The van der Waals surface area contributed by atoms with Gasteiger partial charge in [0.2, 0.25) is 0 Å². The molecule has 17 rings (SSSR count). The number of pyridine rings is 3. The van der Waals surface area contributed by atoms with Crippen LogP contribution in [0.25, 0.3) is 0 Å². The minimum absolute atomic E-state index is 0.00721. The fourth-order valence-electron chi connectivity index (χ4n) is 24.0. The van der Waals surface area contributed by atoms with E-state index < -0.39 is 0 Å². The van der Waals surface area contributed by atoms with Crippen molar-refractivity contribution in [1.29, 1.82) is 0 Å². The van der Waals surface area contributed by atoms with Gasteiger partial charge in [-0.2, -0.15) is 11.3 Å². The summed E-state index contributed by atoms with van der Waals surface area (Å²) in [5.41, 5.74) is 14.2. The molecule has 9 fully saturated rings. The number of cyclic esters (lactones) is 1. The summed E-state index contributed by atoms with van der Waals surface area (Å²) in [4.78, 5) is 116. The Balaban J connectivity index is 0.000000156. The van der Waals surface area contributed by atoms with Gasteiger partial charge in [-0.3, -0.25) is 24.1 Å². The number of thiocarbonyl (C=S) groups is 2. The number of aromatic nitrogens is 3. The number of piperidine rings is 4. The molecule has 800 valence electrons. The zero-order chi connectivity index (χ0) is 106. The van der Waals surface area contributed by atoms with Crippen LogP contribution in [0.4, 0.5) is 9.59 Å². The Bertz CT molecular complexity index is 5710. The van der Waals surface area contributed by atoms with Crippen molar-refractivity contribution in [3.63, 3.8) is 0 Å². The fourth-order valence-corrected chi connectivity index (χ4v) is 26.7. The monoisotopic (exact) mass is 2150 g/mol. The zero-order valence-electron chi connectivity index (χ0n) is 89.8. The van der Waals surface area contributed by atoms with Crippen LogP contribution >= 0.6 is 82.2 Å². The molecule has 0 spiro atoms. The molecule has 7 unspecified atom stereocenters. The largest absolute Gasteiger partial charge is 0.447 e. The van der Waals surface area contributed by atoms with Gasteiger partial charge in [0.25, 0.3) is 23.6 Å². The van der Waals surface area contributed by atoms with E-state index in [2.05, 4.69) is 212 Å². The van der Waals surface area contributed by atoms with Gasteiger partial charge < -0.3 is 75.0 Å². The fraction of sp³-hybridized carbons (Fsp3) is 0.560. The number of benzene rings is 4. The summed E-state index contributed by atoms with van der Waals surface area (Å²) in [5, 5.41) is 20.7. The quantitative estimate of drug-likeness (QED) is 0.0227. The molecule has 32 heteroatoms. The van der Waals surface area contributed by atoms with Crippen molar-refractivity contribution in [2.24, 2.45) is 5.92 Å². The average molecular weight is 2150 g/mol. The van der Waals surface area contributed by atoms with Gasteiger partial charge in [0.15, 0.2) is 10.2 Å². The second kappa shape index (κ2) is 53.9. The third-order valence-corrected chi connectivity index (χ3v) is 34.6. The van der Waals surface area contributed by atoms with Crippen LogP contribution < -0.4 is 21.3 Å². The highest BCUT2D eigenvalue weighted by molar-refractivity contribution is 7.80. The number of carbonyl (C=O) groups is 6. The molecule has 148 heavy (non-hydrogen) atoms. The Hall–Kier alpha value is -9.17. The zero-order valence-corrected chi connectivity index (χ0v) is 95.3. The highest BCUT2D eigenvalue weighted by atomic mass is 35.5. The van der Waals surface area contributed by atoms with E-state index in [1.165, 1.54) is 36.0 Å². The number of carbonyl (C=O) groups excluding carboxylic acids is 6. The van der Waals surface area contributed by atoms with Gasteiger partial charge in [-0.1, -0.05) is 171 Å². The molecule has 8 aliphatic heterocycles. The van der Waals surface area contributed by atoms with Gasteiger partial charge in [0.1, 0.15) is 22.1 Å². The minimum atomic E-state index is -0.190. The van der Waals surface area contributed by atoms with E-state index in [9.17, 15) is 28.8 Å². The number of hydrogen-bond donors (Lipinski definition) is 4. The third kappa shape index (κ3) is 29.0. The van der Waals surface area contributed by atoms with E-state index in [4.69, 9.17) is 75.6 Å². The molecule has 8 aromatic rings. The number of urea groups is 1. The number of thiophene rings is 1. The molecule has 8 atom stereocenters. The average Bonchev–Trinajstić information content (AvgIpc) is 1.62. The van der Waals surface area contributed by atoms with E-state index in [0.717, 1.165) is 223 Å². The molecule has 4 aromatic heterocycles. The van der Waals surface area contributed by atoms with Crippen LogP contribution in [-0.4, -0.2) is 287 Å². The molecule has 8 saturated heterocycles. The summed E-state index contributed by atoms with van der Waals surface area (Å²) in [6, 6.07) is 47.2. The smallest absolute Gasteiger partial charge is 0.410 e. The molecular formula is C116H158Cl4N18O7S3. The van der Waals surface area contributed by atoms with Crippen molar-refractivity contribution in [1.82, 2.24) is 90.1 Å². The molecule has 7 amide bonds. The minimum Gasteiger partial charge on any atom is -0.447 e. The normalized spacial score (nSPS) is 20.7. The van der Waals surface area contributed by atoms with E-state index in [1.807, 2.05) is 109 Å². The molecule has 4 aromatic carbocycles. The second-order valence-electron chi connectivity index (χ2n) is 43.1. The van der Waals surface area contributed by atoms with Crippen LogP contribution in [0.15, 0.2) is 138 Å². The summed E-state index contributed by atoms with van der Waals surface area (Å²) in [6.07, 6.45) is 17.7. The van der Waals surface area contributed by atoms with Crippen LogP contribution in [-0.2, 0) is 4.74 Å². The molecule has 25 nitrogen and oxygen atoms in total. The lowest BCUT2D eigenvalue weighted by Gasteiger charge is -2.42. The number of halogens is 4. The lowest BCUT2D eigenvalue weighted by Crippen LogP contribution is -2.50. The first-order valence-electron chi connectivity index (χ1n) is 54.1. The standard InChI is InChI=1S/C30H42ClN5O2S.C30H42ClN5OS.C29H39Cl2N5OS.C27H35N3O3/c1-20-17-27(31)33-22(3)28(20)29(37)32-13-9-21(2)34-14-10-25(11-15-34)36-26(23-12-16-39-19-23)18-35(30(36)38)24-7-5-4-6-8-24;1-20(2)18-35-19-26(24-9-7-6-8-10-24)36(30(35)38)25-12-15-34(16-13-25)22(4)11-14-32-29(37)28-21(3)17-27(31)33-23(28)5;1-18(2)35-17-25(22-7-6-8-23(30)16-22)36(29(35)38)24-10-13-34(14-11-24)20(4)9-12-32-28(37)27-19(3)15-26(31)33-21(27)5;1-19-8-7-9-20(2)25(19)26(31)28-15-12-21(3)29-16-13-23(14-17-29)30-24(18-33-27(30)32)22-10-5-4-6-11-22/h12,16-17,19,21,24-26H,4-11,13-15,18H2,1-3H3,(H,32,37);6-10,17,20,22,25-26H,11-16,18-19H2,1-5H3,(H,32,37);6-8,15-16,18,20,24-25H,9-14,17H2,1-5H3,(H,32,37);4-11,21,23-24H,12-18H2,1-3H3,(H,28,31)/t;;;21?,24-/m...0/s1. The van der Waals surface area contributed by atoms with Gasteiger partial charge in [-0.15, -0.1) is 0 Å². The Labute approximate surface area is 914 Å². The highest BCUT2D eigenvalue weighted by Crippen LogP contribution is 2.43. The molecule has 12 heterocycles. The van der Waals surface area contributed by atoms with Crippen molar-refractivity contribution in [3.8, 4) is 0 Å². The van der Waals surface area contributed by atoms with E-state index >= 15 is 0 Å². The lowest BCUT2D eigenvalue weighted by molar-refractivity contribution is 0.0860. The van der Waals surface area contributed by atoms with Crippen LogP contribution in [0, 0.1) is 61.3 Å². The number of aryl methyl sites for hydroxylation is 8. The summed E-state index contributed by atoms with van der Waals surface area (Å²) < 4.78 is 5.42. The number of ether oxygens (including phenoxy) is 1. The Morgan fingerprint density at radius 1 is 0.399 bits per heavy atom. The van der Waals surface area contributed by atoms with Crippen molar-refractivity contribution in [3.05, 3.63) is 248 Å². The SMILES string of the molecule is Cc1cc(Cl)nc(C)c1C(=O)NCCC(C)N1CCC(N2C(=O)N(C3CCCCC3)CC2c2ccsc2)CC1.Cc1cc(Cl)nc(C)c1C(=O)NCCC(C)N1CCC(N2C(=S)N(C(C)C)CC2c2cccc(Cl)c2)CC1.Cc1cc(Cl)nc(C)c1C(=O)NCCC(C)N1CCC(N2C(=S)N(CC(C)C)CC2c2ccccc2)CC1.Cc1cccc(C)c1C(=O)NCCC(C)N1CCC(N2C(=O)OC[C@H]2c2ccccc2)CC1. The van der Waals surface area contributed by atoms with Crippen LogP contribution in [0.2, 0.25) is 20.5 Å². The van der Waals surface area contributed by atoms with Crippen LogP contribution in [0.1, 0.15) is 297 Å². The molecule has 9 aliphatic rings. The second-order valence-corrected chi connectivity index (χ2v) is 46.2. The Morgan fingerprint density at radius 2 is 0.777 bits per heavy atom. The van der Waals surface area contributed by atoms with Gasteiger partial charge >= 0.3 is 12.1 Å². The maximum absolute atomic E-state index is 13.8. The highest BCUT2D eigenvalue weighted by Gasteiger charge is 2.48. The number of rotatable bonds is 32. The number of likely N-dealkylation sites (tertiary alicyclic amines) is 4. The predicted octanol–water partition coefficient (Wildman–Crippen LogP) is 22.3. The molecule has 4 N–H and O–H groups in total. The predicted molar refractivity (Wildman–Crippen MR) is 607 cm³/mol. The number of amides is 7. The molecule has 1 saturated carbocycles. The lowest BCUT2D eigenvalue weighted by atomic mass is 9.94. The topological polar surface area (TPSA) is 234 Å². The summed E-state index contributed by atoms with van der Waals surface area (Å²) in [7, 11) is 0. The van der Waals surface area contributed by atoms with E-state index in [0.29, 0.717) is 142 Å². The van der Waals surface area contributed by atoms with Gasteiger partial charge in [-0.25, -0.2) is 24.5 Å². The molecule has 1 aliphatic carbocycles. The van der Waals surface area contributed by atoms with Crippen molar-refractivity contribution >= 4 is 128 Å². The maximum Gasteiger partial charge on any atom is 0.410 e.